The predicted molar refractivity (Wildman–Crippen MR) is 157 cm³/mol. The number of nitrogens with one attached hydrogen (secondary N) is 4. The second-order valence-electron chi connectivity index (χ2n) is 10.6. The van der Waals surface area contributed by atoms with Crippen LogP contribution in [0.15, 0.2) is 60.8 Å². The number of hydrogen-bond acceptors (Lipinski definition) is 7. The number of aromatic nitrogens is 3. The Bertz CT molecular complexity index is 1530. The molecule has 0 atom stereocenters. The lowest BCUT2D eigenvalue weighted by molar-refractivity contribution is -0.115. The van der Waals surface area contributed by atoms with Crippen molar-refractivity contribution < 1.29 is 14.0 Å². The van der Waals surface area contributed by atoms with E-state index in [0.29, 0.717) is 55.1 Å². The summed E-state index contributed by atoms with van der Waals surface area (Å²) < 4.78 is 13.3. The minimum Gasteiger partial charge on any atom is -0.351 e. The summed E-state index contributed by atoms with van der Waals surface area (Å²) in [5.74, 6) is 0.659. The maximum absolute atomic E-state index is 13.3. The van der Waals surface area contributed by atoms with Gasteiger partial charge < -0.3 is 25.8 Å². The first-order chi connectivity index (χ1) is 20.0. The number of pyridine rings is 1. The summed E-state index contributed by atoms with van der Waals surface area (Å²) >= 11 is 0. The van der Waals surface area contributed by atoms with E-state index in [1.54, 1.807) is 11.1 Å². The molecule has 1 saturated carbocycles. The average molecular weight is 557 g/mol. The van der Waals surface area contributed by atoms with E-state index in [-0.39, 0.29) is 24.2 Å². The molecule has 4 N–H and O–H groups in total. The fraction of sp³-hybridized carbons (Fsp3) is 0.333. The molecule has 2 amide bonds. The third kappa shape index (κ3) is 6.30. The third-order valence-electron chi connectivity index (χ3n) is 7.73. The van der Waals surface area contributed by atoms with Crippen molar-refractivity contribution >= 4 is 45.7 Å². The van der Waals surface area contributed by atoms with Gasteiger partial charge in [0.05, 0.1) is 23.9 Å². The minimum atomic E-state index is -0.372. The smallest absolute Gasteiger partial charge is 0.253 e. The number of carbonyl (C=O) groups excluding carboxylic acids is 2. The molecular weight excluding hydrogens is 523 g/mol. The van der Waals surface area contributed by atoms with Crippen LogP contribution < -0.4 is 20.9 Å². The highest BCUT2D eigenvalue weighted by molar-refractivity contribution is 5.96. The van der Waals surface area contributed by atoms with Gasteiger partial charge in [-0.15, -0.1) is 0 Å². The third-order valence-corrected chi connectivity index (χ3v) is 7.73. The van der Waals surface area contributed by atoms with E-state index in [4.69, 9.17) is 4.98 Å². The van der Waals surface area contributed by atoms with Gasteiger partial charge in [0.25, 0.3) is 5.91 Å². The lowest BCUT2D eigenvalue weighted by atomic mass is 10.1. The molecule has 1 aliphatic heterocycles. The topological polar surface area (TPSA) is 118 Å². The molecule has 212 valence electrons. The number of anilines is 4. The summed E-state index contributed by atoms with van der Waals surface area (Å²) in [6.45, 7) is 2.27. The number of nitrogens with zero attached hydrogens (tertiary/aromatic N) is 4. The molecule has 2 fully saturated rings. The highest BCUT2D eigenvalue weighted by Crippen LogP contribution is 2.29. The van der Waals surface area contributed by atoms with Gasteiger partial charge in [-0.25, -0.2) is 9.37 Å². The number of carbonyl (C=O) groups is 2. The Morgan fingerprint density at radius 3 is 2.54 bits per heavy atom. The van der Waals surface area contributed by atoms with Gasteiger partial charge in [-0.1, -0.05) is 12.8 Å². The van der Waals surface area contributed by atoms with E-state index >= 15 is 0 Å². The Labute approximate surface area is 237 Å². The van der Waals surface area contributed by atoms with E-state index in [9.17, 15) is 14.0 Å². The van der Waals surface area contributed by atoms with Gasteiger partial charge in [-0.3, -0.25) is 14.7 Å². The van der Waals surface area contributed by atoms with Crippen LogP contribution in [0.25, 0.3) is 10.9 Å². The molecule has 0 unspecified atom stereocenters. The number of piperazine rings is 1. The molecule has 0 radical (unpaired) electrons. The molecule has 6 rings (SSSR count). The average Bonchev–Trinajstić information content (AvgIpc) is 3.69. The standard InChI is InChI=1S/C30H33FN8O2/c31-22-7-5-20(6-8-22)30(41)39-15-13-38(14-16-39)29-26(35-28(40)19-32-23-3-1-2-4-23)11-12-27(36-29)34-24-9-10-25-21(17-24)18-33-37-25/h5-12,17-18,23,32H,1-4,13-16,19H2,(H,33,37)(H,34,36)(H,35,40). The van der Waals surface area contributed by atoms with Crippen LogP contribution in [0.2, 0.25) is 0 Å². The number of aromatic amines is 1. The van der Waals surface area contributed by atoms with Crippen molar-refractivity contribution in [2.45, 2.75) is 31.7 Å². The summed E-state index contributed by atoms with van der Waals surface area (Å²) in [5, 5.41) is 17.8. The lowest BCUT2D eigenvalue weighted by Crippen LogP contribution is -2.49. The highest BCUT2D eigenvalue weighted by Gasteiger charge is 2.25. The van der Waals surface area contributed by atoms with Crippen molar-refractivity contribution in [1.82, 2.24) is 25.4 Å². The molecule has 11 heteroatoms. The Kier molecular flexibility index (Phi) is 7.77. The van der Waals surface area contributed by atoms with Crippen molar-refractivity contribution in [3.05, 3.63) is 72.2 Å². The van der Waals surface area contributed by atoms with Crippen molar-refractivity contribution in [1.29, 1.82) is 0 Å². The molecule has 2 aromatic heterocycles. The largest absolute Gasteiger partial charge is 0.351 e. The maximum Gasteiger partial charge on any atom is 0.253 e. The summed E-state index contributed by atoms with van der Waals surface area (Å²) in [7, 11) is 0. The number of rotatable bonds is 8. The highest BCUT2D eigenvalue weighted by atomic mass is 19.1. The number of H-pyrrole nitrogens is 1. The van der Waals surface area contributed by atoms with Crippen LogP contribution >= 0.6 is 0 Å². The zero-order valence-electron chi connectivity index (χ0n) is 22.7. The first-order valence-corrected chi connectivity index (χ1v) is 14.1. The van der Waals surface area contributed by atoms with Crippen LogP contribution in [0, 0.1) is 5.82 Å². The minimum absolute atomic E-state index is 0.115. The second kappa shape index (κ2) is 11.9. The van der Waals surface area contributed by atoms with Crippen molar-refractivity contribution in [2.75, 3.05) is 48.3 Å². The molecule has 2 aliphatic rings. The van der Waals surface area contributed by atoms with E-state index in [1.165, 1.54) is 37.1 Å². The number of hydrogen-bond donors (Lipinski definition) is 4. The summed E-state index contributed by atoms with van der Waals surface area (Å²) in [6.07, 6.45) is 6.37. The van der Waals surface area contributed by atoms with Crippen LogP contribution in [0.5, 0.6) is 0 Å². The first kappa shape index (κ1) is 26.7. The summed E-state index contributed by atoms with van der Waals surface area (Å²) in [4.78, 5) is 34.6. The summed E-state index contributed by atoms with van der Waals surface area (Å²) in [6, 6.07) is 15.6. The van der Waals surface area contributed by atoms with E-state index in [2.05, 4.69) is 31.0 Å². The zero-order valence-corrected chi connectivity index (χ0v) is 22.7. The van der Waals surface area contributed by atoms with E-state index in [0.717, 1.165) is 29.4 Å². The molecule has 3 heterocycles. The molecule has 1 saturated heterocycles. The maximum atomic E-state index is 13.3. The fourth-order valence-electron chi connectivity index (χ4n) is 5.48. The number of benzene rings is 2. The fourth-order valence-corrected chi connectivity index (χ4v) is 5.48. The quantitative estimate of drug-likeness (QED) is 0.256. The number of amides is 2. The van der Waals surface area contributed by atoms with Crippen molar-refractivity contribution in [3.63, 3.8) is 0 Å². The summed E-state index contributed by atoms with van der Waals surface area (Å²) in [5.41, 5.74) is 2.89. The molecule has 0 bridgehead atoms. The second-order valence-corrected chi connectivity index (χ2v) is 10.6. The Hall–Kier alpha value is -4.51. The molecule has 41 heavy (non-hydrogen) atoms. The molecule has 4 aromatic rings. The van der Waals surface area contributed by atoms with Crippen molar-refractivity contribution in [2.24, 2.45) is 0 Å². The van der Waals surface area contributed by atoms with Crippen LogP contribution in [0.3, 0.4) is 0 Å². The van der Waals surface area contributed by atoms with Crippen molar-refractivity contribution in [3.8, 4) is 0 Å². The van der Waals surface area contributed by atoms with Gasteiger partial charge in [0.15, 0.2) is 5.82 Å². The van der Waals surface area contributed by atoms with Crippen LogP contribution in [0.4, 0.5) is 27.4 Å². The monoisotopic (exact) mass is 556 g/mol. The van der Waals surface area contributed by atoms with Gasteiger partial charge in [0.1, 0.15) is 11.6 Å². The van der Waals surface area contributed by atoms with Gasteiger partial charge in [-0.2, -0.15) is 5.10 Å². The Morgan fingerprint density at radius 1 is 0.976 bits per heavy atom. The van der Waals surface area contributed by atoms with Crippen LogP contribution in [-0.4, -0.2) is 70.7 Å². The molecule has 0 spiro atoms. The van der Waals surface area contributed by atoms with Crippen LogP contribution in [-0.2, 0) is 4.79 Å². The van der Waals surface area contributed by atoms with Gasteiger partial charge in [0, 0.05) is 48.9 Å². The Balaban J connectivity index is 1.18. The predicted octanol–water partition coefficient (Wildman–Crippen LogP) is 4.27. The lowest BCUT2D eigenvalue weighted by Gasteiger charge is -2.36. The molecule has 2 aromatic carbocycles. The Morgan fingerprint density at radius 2 is 1.76 bits per heavy atom. The van der Waals surface area contributed by atoms with Gasteiger partial charge in [0.2, 0.25) is 5.91 Å². The van der Waals surface area contributed by atoms with Gasteiger partial charge in [-0.05, 0) is 67.4 Å². The zero-order chi connectivity index (χ0) is 28.2. The van der Waals surface area contributed by atoms with E-state index in [1.807, 2.05) is 30.3 Å². The normalized spacial score (nSPS) is 15.8. The molecule has 1 aliphatic carbocycles. The number of fused-ring (bicyclic) bond motifs is 1. The SMILES string of the molecule is O=C(CNC1CCCC1)Nc1ccc(Nc2ccc3[nH]ncc3c2)nc1N1CCN(C(=O)c2ccc(F)cc2)CC1. The first-order valence-electron chi connectivity index (χ1n) is 14.1. The van der Waals surface area contributed by atoms with Gasteiger partial charge >= 0.3 is 0 Å². The number of halogens is 1. The van der Waals surface area contributed by atoms with E-state index < -0.39 is 0 Å². The molecular formula is C30H33FN8O2. The molecule has 10 nitrogen and oxygen atoms in total. The van der Waals surface area contributed by atoms with Crippen LogP contribution in [0.1, 0.15) is 36.0 Å².